The first-order valence-corrected chi connectivity index (χ1v) is 11.9. The molecule has 0 saturated carbocycles. The molecule has 0 spiro atoms. The van der Waals surface area contributed by atoms with Gasteiger partial charge < -0.3 is 10.6 Å². The molecule has 1 heterocycles. The predicted octanol–water partition coefficient (Wildman–Crippen LogP) is 3.08. The lowest BCUT2D eigenvalue weighted by atomic mass is 10.1. The maximum atomic E-state index is 13.7. The Morgan fingerprint density at radius 1 is 1.06 bits per heavy atom. The summed E-state index contributed by atoms with van der Waals surface area (Å²) < 4.78 is 52.5. The van der Waals surface area contributed by atoms with Gasteiger partial charge in [-0.25, -0.2) is 17.2 Å². The van der Waals surface area contributed by atoms with E-state index in [0.717, 1.165) is 24.0 Å². The highest BCUT2D eigenvalue weighted by molar-refractivity contribution is 7.92. The molecule has 2 amide bonds. The lowest BCUT2D eigenvalue weighted by molar-refractivity contribution is -0.116. The van der Waals surface area contributed by atoms with Crippen molar-refractivity contribution in [1.29, 1.82) is 0 Å². The van der Waals surface area contributed by atoms with Crippen LogP contribution in [-0.4, -0.2) is 37.5 Å². The monoisotopic (exact) mass is 488 g/mol. The van der Waals surface area contributed by atoms with Crippen LogP contribution >= 0.6 is 0 Å². The Kier molecular flexibility index (Phi) is 7.57. The van der Waals surface area contributed by atoms with Crippen molar-refractivity contribution in [3.8, 4) is 0 Å². The van der Waals surface area contributed by atoms with Crippen LogP contribution in [0.1, 0.15) is 22.8 Å². The first kappa shape index (κ1) is 24.8. The van der Waals surface area contributed by atoms with E-state index in [1.54, 1.807) is 36.7 Å². The van der Waals surface area contributed by atoms with E-state index >= 15 is 0 Å². The van der Waals surface area contributed by atoms with Crippen LogP contribution < -0.4 is 14.9 Å². The molecule has 2 N–H and O–H groups in total. The first-order valence-electron chi connectivity index (χ1n) is 10.1. The van der Waals surface area contributed by atoms with Gasteiger partial charge in [0.2, 0.25) is 15.9 Å². The van der Waals surface area contributed by atoms with Gasteiger partial charge in [0.05, 0.1) is 23.2 Å². The number of para-hydroxylation sites is 1. The summed E-state index contributed by atoms with van der Waals surface area (Å²) in [6.07, 6.45) is 4.06. The second kappa shape index (κ2) is 10.4. The summed E-state index contributed by atoms with van der Waals surface area (Å²) in [4.78, 5) is 29.6. The van der Waals surface area contributed by atoms with Gasteiger partial charge in [-0.3, -0.25) is 18.9 Å². The summed E-state index contributed by atoms with van der Waals surface area (Å²) in [5, 5.41) is 5.28. The standard InChI is InChI=1S/C23H22F2N4O4S/c1-15(29(34(2,32)33)17-9-10-19(24)20(25)12-17)22(30)28-21-8-4-3-7-18(21)23(31)27-14-16-6-5-11-26-13-16/h3-13,15H,14H2,1-2H3,(H,27,31)(H,28,30)/t15-/m0/s1. The quantitative estimate of drug-likeness (QED) is 0.507. The largest absolute Gasteiger partial charge is 0.348 e. The van der Waals surface area contributed by atoms with Crippen LogP contribution in [0.2, 0.25) is 0 Å². The predicted molar refractivity (Wildman–Crippen MR) is 124 cm³/mol. The molecule has 0 radical (unpaired) electrons. The lowest BCUT2D eigenvalue weighted by Gasteiger charge is -2.28. The van der Waals surface area contributed by atoms with Crippen LogP contribution in [0.3, 0.4) is 0 Å². The number of carbonyl (C=O) groups excluding carboxylic acids is 2. The van der Waals surface area contributed by atoms with Crippen LogP contribution in [0.15, 0.2) is 67.0 Å². The summed E-state index contributed by atoms with van der Waals surface area (Å²) in [6, 6.07) is 10.9. The molecule has 34 heavy (non-hydrogen) atoms. The van der Waals surface area contributed by atoms with Crippen molar-refractivity contribution >= 4 is 33.2 Å². The molecule has 0 bridgehead atoms. The Morgan fingerprint density at radius 3 is 2.44 bits per heavy atom. The van der Waals surface area contributed by atoms with Gasteiger partial charge >= 0.3 is 0 Å². The fourth-order valence-electron chi connectivity index (χ4n) is 3.24. The number of nitrogens with one attached hydrogen (secondary N) is 2. The van der Waals surface area contributed by atoms with Crippen molar-refractivity contribution in [2.75, 3.05) is 15.9 Å². The highest BCUT2D eigenvalue weighted by Gasteiger charge is 2.30. The van der Waals surface area contributed by atoms with Crippen molar-refractivity contribution in [2.24, 2.45) is 0 Å². The Hall–Kier alpha value is -3.86. The molecule has 0 aliphatic carbocycles. The Bertz CT molecular complexity index is 1300. The van der Waals surface area contributed by atoms with E-state index in [-0.39, 0.29) is 23.5 Å². The molecule has 3 rings (SSSR count). The van der Waals surface area contributed by atoms with Crippen molar-refractivity contribution in [3.63, 3.8) is 0 Å². The number of carbonyl (C=O) groups is 2. The van der Waals surface area contributed by atoms with E-state index in [4.69, 9.17) is 0 Å². The van der Waals surface area contributed by atoms with E-state index in [1.807, 2.05) is 0 Å². The van der Waals surface area contributed by atoms with Crippen molar-refractivity contribution < 1.29 is 26.8 Å². The molecule has 0 unspecified atom stereocenters. The number of pyridine rings is 1. The molecule has 0 saturated heterocycles. The molecular weight excluding hydrogens is 466 g/mol. The third-order valence-electron chi connectivity index (χ3n) is 4.85. The van der Waals surface area contributed by atoms with Gasteiger partial charge in [-0.05, 0) is 42.8 Å². The van der Waals surface area contributed by atoms with Gasteiger partial charge in [-0.1, -0.05) is 18.2 Å². The average Bonchev–Trinajstić information content (AvgIpc) is 2.80. The molecule has 0 aliphatic rings. The number of rotatable bonds is 8. The van der Waals surface area contributed by atoms with E-state index < -0.39 is 39.5 Å². The summed E-state index contributed by atoms with van der Waals surface area (Å²) in [5.74, 6) is -3.65. The van der Waals surface area contributed by atoms with E-state index in [1.165, 1.54) is 19.1 Å². The van der Waals surface area contributed by atoms with Gasteiger partial charge in [0, 0.05) is 25.0 Å². The number of aromatic nitrogens is 1. The zero-order chi connectivity index (χ0) is 24.9. The molecule has 1 aromatic heterocycles. The SMILES string of the molecule is C[C@@H](C(=O)Nc1ccccc1C(=O)NCc1cccnc1)N(c1ccc(F)c(F)c1)S(C)(=O)=O. The lowest BCUT2D eigenvalue weighted by Crippen LogP contribution is -2.45. The van der Waals surface area contributed by atoms with E-state index in [2.05, 4.69) is 15.6 Å². The Morgan fingerprint density at radius 2 is 1.79 bits per heavy atom. The third kappa shape index (κ3) is 5.93. The summed E-state index contributed by atoms with van der Waals surface area (Å²) in [7, 11) is -4.05. The highest BCUT2D eigenvalue weighted by Crippen LogP contribution is 2.24. The normalized spacial score (nSPS) is 12.0. The Balaban J connectivity index is 1.81. The van der Waals surface area contributed by atoms with Crippen molar-refractivity contribution in [2.45, 2.75) is 19.5 Å². The third-order valence-corrected chi connectivity index (χ3v) is 6.09. The number of benzene rings is 2. The number of hydrogen-bond acceptors (Lipinski definition) is 5. The summed E-state index contributed by atoms with van der Waals surface area (Å²) in [5.41, 5.74) is 0.875. The van der Waals surface area contributed by atoms with Crippen LogP contribution in [0.4, 0.5) is 20.2 Å². The molecule has 2 aromatic carbocycles. The maximum absolute atomic E-state index is 13.7. The maximum Gasteiger partial charge on any atom is 0.253 e. The molecule has 8 nitrogen and oxygen atoms in total. The first-order chi connectivity index (χ1) is 16.1. The number of amides is 2. The van der Waals surface area contributed by atoms with Crippen LogP contribution in [0, 0.1) is 11.6 Å². The zero-order valence-corrected chi connectivity index (χ0v) is 19.1. The highest BCUT2D eigenvalue weighted by atomic mass is 32.2. The van der Waals surface area contributed by atoms with Crippen LogP contribution in [0.25, 0.3) is 0 Å². The summed E-state index contributed by atoms with van der Waals surface area (Å²) in [6.45, 7) is 1.51. The molecular formula is C23H22F2N4O4S. The van der Waals surface area contributed by atoms with E-state index in [9.17, 15) is 26.8 Å². The number of hydrogen-bond donors (Lipinski definition) is 2. The van der Waals surface area contributed by atoms with Crippen molar-refractivity contribution in [1.82, 2.24) is 10.3 Å². The Labute approximate surface area is 195 Å². The van der Waals surface area contributed by atoms with Gasteiger partial charge in [-0.2, -0.15) is 0 Å². The van der Waals surface area contributed by atoms with Gasteiger partial charge in [0.15, 0.2) is 11.6 Å². The smallest absolute Gasteiger partial charge is 0.253 e. The van der Waals surface area contributed by atoms with Gasteiger partial charge in [0.1, 0.15) is 6.04 Å². The molecule has 3 aromatic rings. The number of anilines is 2. The zero-order valence-electron chi connectivity index (χ0n) is 18.3. The summed E-state index contributed by atoms with van der Waals surface area (Å²) >= 11 is 0. The minimum atomic E-state index is -4.05. The second-order valence-electron chi connectivity index (χ2n) is 7.41. The van der Waals surface area contributed by atoms with E-state index in [0.29, 0.717) is 10.4 Å². The number of halogens is 2. The molecule has 1 atom stereocenters. The minimum absolute atomic E-state index is 0.154. The molecule has 11 heteroatoms. The van der Waals surface area contributed by atoms with Gasteiger partial charge in [-0.15, -0.1) is 0 Å². The topological polar surface area (TPSA) is 108 Å². The molecule has 178 valence electrons. The minimum Gasteiger partial charge on any atom is -0.348 e. The second-order valence-corrected chi connectivity index (χ2v) is 9.27. The van der Waals surface area contributed by atoms with Crippen LogP contribution in [-0.2, 0) is 21.4 Å². The van der Waals surface area contributed by atoms with Crippen molar-refractivity contribution in [3.05, 3.63) is 89.8 Å². The van der Waals surface area contributed by atoms with Crippen LogP contribution in [0.5, 0.6) is 0 Å². The fraction of sp³-hybridized carbons (Fsp3) is 0.174. The van der Waals surface area contributed by atoms with Gasteiger partial charge in [0.25, 0.3) is 5.91 Å². The number of nitrogens with zero attached hydrogens (tertiary/aromatic N) is 2. The fourth-order valence-corrected chi connectivity index (χ4v) is 4.41. The average molecular weight is 489 g/mol. The molecule has 0 fully saturated rings. The number of sulfonamides is 1. The molecule has 0 aliphatic heterocycles.